The molecule has 138 valence electrons. The molecule has 0 heterocycles. The fourth-order valence-corrected chi connectivity index (χ4v) is 2.25. The van der Waals surface area contributed by atoms with Gasteiger partial charge in [-0.05, 0) is 49.2 Å². The van der Waals surface area contributed by atoms with E-state index in [0.717, 1.165) is 5.56 Å². The first-order valence-electron chi connectivity index (χ1n) is 8.13. The highest BCUT2D eigenvalue weighted by Crippen LogP contribution is 2.28. The van der Waals surface area contributed by atoms with Gasteiger partial charge in [0.1, 0.15) is 5.82 Å². The molecule has 2 N–H and O–H groups in total. The van der Waals surface area contributed by atoms with Crippen molar-refractivity contribution in [3.63, 3.8) is 0 Å². The molecule has 26 heavy (non-hydrogen) atoms. The molecule has 0 unspecified atom stereocenters. The molecule has 0 aliphatic heterocycles. The van der Waals surface area contributed by atoms with Crippen LogP contribution in [0.5, 0.6) is 11.5 Å². The van der Waals surface area contributed by atoms with Crippen LogP contribution < -0.4 is 14.8 Å². The predicted octanol–water partition coefficient (Wildman–Crippen LogP) is 2.66. The molecule has 0 radical (unpaired) electrons. The van der Waals surface area contributed by atoms with Gasteiger partial charge in [-0.2, -0.15) is 0 Å². The molecule has 1 amide bonds. The number of hydrogen-bond acceptors (Lipinski definition) is 4. The number of carbonyl (C=O) groups is 2. The van der Waals surface area contributed by atoms with Crippen molar-refractivity contribution in [1.82, 2.24) is 5.32 Å². The second-order valence-electron chi connectivity index (χ2n) is 5.41. The second kappa shape index (κ2) is 9.41. The minimum Gasteiger partial charge on any atom is -0.490 e. The Labute approximate surface area is 150 Å². The van der Waals surface area contributed by atoms with Crippen molar-refractivity contribution in [2.45, 2.75) is 13.3 Å². The van der Waals surface area contributed by atoms with Crippen molar-refractivity contribution in [3.8, 4) is 11.5 Å². The van der Waals surface area contributed by atoms with E-state index in [-0.39, 0.29) is 17.5 Å². The second-order valence-corrected chi connectivity index (χ2v) is 5.41. The number of carboxylic acids is 1. The van der Waals surface area contributed by atoms with E-state index in [1.54, 1.807) is 19.1 Å². The molecular formula is C19H20FNO5. The standard InChI is InChI=1S/C19H20FNO5/c1-2-25-17-11-14(5-8-16(17)26-12-18(22)23)19(24)21-10-9-13-3-6-15(20)7-4-13/h3-8,11H,2,9-10,12H2,1H3,(H,21,24)(H,22,23). The van der Waals surface area contributed by atoms with E-state index in [0.29, 0.717) is 30.9 Å². The topological polar surface area (TPSA) is 84.9 Å². The van der Waals surface area contributed by atoms with Crippen LogP contribution >= 0.6 is 0 Å². The van der Waals surface area contributed by atoms with E-state index in [1.165, 1.54) is 30.3 Å². The fraction of sp³-hybridized carbons (Fsp3) is 0.263. The van der Waals surface area contributed by atoms with Crippen LogP contribution in [0.2, 0.25) is 0 Å². The van der Waals surface area contributed by atoms with Crippen LogP contribution in [0.4, 0.5) is 4.39 Å². The zero-order valence-electron chi connectivity index (χ0n) is 14.3. The van der Waals surface area contributed by atoms with Crippen LogP contribution in [-0.2, 0) is 11.2 Å². The van der Waals surface area contributed by atoms with Gasteiger partial charge in [0, 0.05) is 12.1 Å². The van der Waals surface area contributed by atoms with Gasteiger partial charge in [0.25, 0.3) is 5.91 Å². The zero-order valence-corrected chi connectivity index (χ0v) is 14.3. The van der Waals surface area contributed by atoms with E-state index in [4.69, 9.17) is 14.6 Å². The third-order valence-corrected chi connectivity index (χ3v) is 3.47. The van der Waals surface area contributed by atoms with Crippen molar-refractivity contribution >= 4 is 11.9 Å². The first-order valence-corrected chi connectivity index (χ1v) is 8.13. The van der Waals surface area contributed by atoms with Crippen molar-refractivity contribution in [2.75, 3.05) is 19.8 Å². The number of rotatable bonds is 9. The zero-order chi connectivity index (χ0) is 18.9. The third-order valence-electron chi connectivity index (χ3n) is 3.47. The lowest BCUT2D eigenvalue weighted by molar-refractivity contribution is -0.139. The van der Waals surface area contributed by atoms with Gasteiger partial charge >= 0.3 is 5.97 Å². The molecule has 2 rings (SSSR count). The Morgan fingerprint density at radius 2 is 1.81 bits per heavy atom. The fourth-order valence-electron chi connectivity index (χ4n) is 2.25. The molecule has 7 heteroatoms. The van der Waals surface area contributed by atoms with E-state index in [2.05, 4.69) is 5.32 Å². The Bertz CT molecular complexity index is 761. The van der Waals surface area contributed by atoms with Gasteiger partial charge in [0.05, 0.1) is 6.61 Å². The predicted molar refractivity (Wildman–Crippen MR) is 93.2 cm³/mol. The Balaban J connectivity index is 1.97. The lowest BCUT2D eigenvalue weighted by Gasteiger charge is -2.12. The van der Waals surface area contributed by atoms with Gasteiger partial charge in [-0.3, -0.25) is 4.79 Å². The summed E-state index contributed by atoms with van der Waals surface area (Å²) in [6, 6.07) is 10.6. The Morgan fingerprint density at radius 1 is 1.08 bits per heavy atom. The summed E-state index contributed by atoms with van der Waals surface area (Å²) in [7, 11) is 0. The molecule has 2 aromatic rings. The van der Waals surface area contributed by atoms with Crippen LogP contribution in [0, 0.1) is 5.82 Å². The maximum absolute atomic E-state index is 12.9. The summed E-state index contributed by atoms with van der Waals surface area (Å²) in [5.41, 5.74) is 1.29. The Morgan fingerprint density at radius 3 is 2.46 bits per heavy atom. The van der Waals surface area contributed by atoms with Gasteiger partial charge < -0.3 is 19.9 Å². The van der Waals surface area contributed by atoms with Crippen molar-refractivity contribution < 1.29 is 28.6 Å². The largest absolute Gasteiger partial charge is 0.490 e. The van der Waals surface area contributed by atoms with Gasteiger partial charge in [-0.15, -0.1) is 0 Å². The number of benzene rings is 2. The highest BCUT2D eigenvalue weighted by molar-refractivity contribution is 5.94. The van der Waals surface area contributed by atoms with Gasteiger partial charge in [-0.25, -0.2) is 9.18 Å². The van der Waals surface area contributed by atoms with E-state index < -0.39 is 12.6 Å². The summed E-state index contributed by atoms with van der Waals surface area (Å²) in [5, 5.41) is 11.5. The Hall–Kier alpha value is -3.09. The first-order chi connectivity index (χ1) is 12.5. The van der Waals surface area contributed by atoms with E-state index in [1.807, 2.05) is 0 Å². The molecule has 0 atom stereocenters. The lowest BCUT2D eigenvalue weighted by atomic mass is 10.1. The smallest absolute Gasteiger partial charge is 0.341 e. The van der Waals surface area contributed by atoms with Crippen LogP contribution in [0.25, 0.3) is 0 Å². The van der Waals surface area contributed by atoms with Gasteiger partial charge in [0.15, 0.2) is 18.1 Å². The molecule has 0 bridgehead atoms. The molecule has 6 nitrogen and oxygen atoms in total. The molecule has 0 saturated carbocycles. The number of hydrogen-bond donors (Lipinski definition) is 2. The Kier molecular flexibility index (Phi) is 6.96. The maximum atomic E-state index is 12.9. The van der Waals surface area contributed by atoms with E-state index in [9.17, 15) is 14.0 Å². The average molecular weight is 361 g/mol. The highest BCUT2D eigenvalue weighted by atomic mass is 19.1. The van der Waals surface area contributed by atoms with Crippen molar-refractivity contribution in [2.24, 2.45) is 0 Å². The summed E-state index contributed by atoms with van der Waals surface area (Å²) in [6.45, 7) is 2.02. The summed E-state index contributed by atoms with van der Waals surface area (Å²) in [5.74, 6) is -1.13. The minimum absolute atomic E-state index is 0.261. The molecule has 0 aliphatic rings. The summed E-state index contributed by atoms with van der Waals surface area (Å²) < 4.78 is 23.4. The number of amides is 1. The normalized spacial score (nSPS) is 10.2. The molecule has 0 fully saturated rings. The number of halogens is 1. The molecular weight excluding hydrogens is 341 g/mol. The van der Waals surface area contributed by atoms with Gasteiger partial charge in [0.2, 0.25) is 0 Å². The van der Waals surface area contributed by atoms with Crippen LogP contribution in [0.15, 0.2) is 42.5 Å². The molecule has 0 aliphatic carbocycles. The third kappa shape index (κ3) is 5.77. The summed E-state index contributed by atoms with van der Waals surface area (Å²) >= 11 is 0. The van der Waals surface area contributed by atoms with Gasteiger partial charge in [-0.1, -0.05) is 12.1 Å². The van der Waals surface area contributed by atoms with Crippen LogP contribution in [-0.4, -0.2) is 36.7 Å². The molecule has 0 saturated heterocycles. The van der Waals surface area contributed by atoms with Crippen LogP contribution in [0.1, 0.15) is 22.8 Å². The van der Waals surface area contributed by atoms with E-state index >= 15 is 0 Å². The number of carbonyl (C=O) groups excluding carboxylic acids is 1. The highest BCUT2D eigenvalue weighted by Gasteiger charge is 2.12. The first kappa shape index (κ1) is 19.2. The van der Waals surface area contributed by atoms with Crippen LogP contribution in [0.3, 0.4) is 0 Å². The molecule has 2 aromatic carbocycles. The maximum Gasteiger partial charge on any atom is 0.341 e. The molecule has 0 aromatic heterocycles. The SMILES string of the molecule is CCOc1cc(C(=O)NCCc2ccc(F)cc2)ccc1OCC(=O)O. The monoisotopic (exact) mass is 361 g/mol. The average Bonchev–Trinajstić information content (AvgIpc) is 2.62. The lowest BCUT2D eigenvalue weighted by Crippen LogP contribution is -2.25. The number of aliphatic carboxylic acids is 1. The quantitative estimate of drug-likeness (QED) is 0.717. The number of ether oxygens (including phenoxy) is 2. The summed E-state index contributed by atoms with van der Waals surface area (Å²) in [6.07, 6.45) is 0.574. The molecule has 0 spiro atoms. The summed E-state index contributed by atoms with van der Waals surface area (Å²) in [4.78, 5) is 22.9. The van der Waals surface area contributed by atoms with Crippen molar-refractivity contribution in [1.29, 1.82) is 0 Å². The number of carboxylic acid groups (broad SMARTS) is 1. The van der Waals surface area contributed by atoms with Crippen molar-refractivity contribution in [3.05, 3.63) is 59.4 Å². The minimum atomic E-state index is -1.10. The number of nitrogens with one attached hydrogen (secondary N) is 1.